The summed E-state index contributed by atoms with van der Waals surface area (Å²) in [7, 11) is 0. The normalized spacial score (nSPS) is 11.9. The first kappa shape index (κ1) is 16.6. The average molecular weight is 242 g/mol. The lowest BCUT2D eigenvalue weighted by Gasteiger charge is -2.09. The first-order chi connectivity index (χ1) is 6.16. The van der Waals surface area contributed by atoms with Gasteiger partial charge in [0, 0.05) is 12.5 Å². The minimum atomic E-state index is -0.234. The van der Waals surface area contributed by atoms with E-state index in [-0.39, 0.29) is 17.6 Å². The molecule has 14 heavy (non-hydrogen) atoms. The summed E-state index contributed by atoms with van der Waals surface area (Å²) in [4.78, 5) is 10.4. The van der Waals surface area contributed by atoms with Crippen LogP contribution in [-0.4, -0.2) is 11.3 Å². The third-order valence-corrected chi connectivity index (χ3v) is 2.32. The molecule has 0 aliphatic rings. The minimum absolute atomic E-state index is 0. The summed E-state index contributed by atoms with van der Waals surface area (Å²) in [5.41, 5.74) is 5.86. The molecule has 0 aromatic heterocycles. The van der Waals surface area contributed by atoms with Crippen molar-refractivity contribution >= 4 is 29.3 Å². The zero-order valence-electron chi connectivity index (χ0n) is 8.80. The molecule has 0 aliphatic carbocycles. The van der Waals surface area contributed by atoms with Crippen molar-refractivity contribution in [3.63, 3.8) is 0 Å². The Bertz CT molecular complexity index is 142. The highest BCUT2D eigenvalue weighted by molar-refractivity contribution is 6.63. The van der Waals surface area contributed by atoms with Gasteiger partial charge < -0.3 is 5.73 Å². The van der Waals surface area contributed by atoms with Gasteiger partial charge in [-0.1, -0.05) is 26.2 Å². The van der Waals surface area contributed by atoms with Crippen LogP contribution < -0.4 is 5.73 Å². The number of hydrogen-bond acceptors (Lipinski definition) is 2. The highest BCUT2D eigenvalue weighted by Crippen LogP contribution is 2.08. The van der Waals surface area contributed by atoms with Crippen molar-refractivity contribution in [2.24, 2.45) is 5.73 Å². The van der Waals surface area contributed by atoms with Crippen molar-refractivity contribution in [2.75, 3.05) is 0 Å². The molecule has 0 radical (unpaired) electrons. The Kier molecular flexibility index (Phi) is 13.4. The van der Waals surface area contributed by atoms with Gasteiger partial charge in [-0.15, -0.1) is 12.4 Å². The van der Waals surface area contributed by atoms with Gasteiger partial charge in [0.15, 0.2) is 0 Å². The molecule has 86 valence electrons. The Labute approximate surface area is 98.0 Å². The topological polar surface area (TPSA) is 43.1 Å². The molecular weight excluding hydrogens is 221 g/mol. The molecule has 0 fully saturated rings. The van der Waals surface area contributed by atoms with Gasteiger partial charge in [0.25, 0.3) is 0 Å². The van der Waals surface area contributed by atoms with Gasteiger partial charge in [0.1, 0.15) is 0 Å². The van der Waals surface area contributed by atoms with Crippen molar-refractivity contribution in [1.82, 2.24) is 0 Å². The smallest absolute Gasteiger partial charge is 0.221 e. The van der Waals surface area contributed by atoms with Crippen molar-refractivity contribution in [2.45, 2.75) is 57.9 Å². The second-order valence-corrected chi connectivity index (χ2v) is 3.92. The van der Waals surface area contributed by atoms with E-state index in [2.05, 4.69) is 6.92 Å². The zero-order valence-corrected chi connectivity index (χ0v) is 10.4. The van der Waals surface area contributed by atoms with Crippen LogP contribution in [0.2, 0.25) is 0 Å². The lowest BCUT2D eigenvalue weighted by molar-refractivity contribution is -0.111. The van der Waals surface area contributed by atoms with Crippen LogP contribution in [0.3, 0.4) is 0 Å². The highest BCUT2D eigenvalue weighted by atomic mass is 35.5. The summed E-state index contributed by atoms with van der Waals surface area (Å²) >= 11 is 5.21. The molecule has 0 bridgehead atoms. The molecule has 2 N–H and O–H groups in total. The fourth-order valence-electron chi connectivity index (χ4n) is 1.28. The largest absolute Gasteiger partial charge is 0.328 e. The Morgan fingerprint density at radius 1 is 1.29 bits per heavy atom. The van der Waals surface area contributed by atoms with E-state index in [1.165, 1.54) is 12.8 Å². The third kappa shape index (κ3) is 12.2. The van der Waals surface area contributed by atoms with Crippen LogP contribution in [0.15, 0.2) is 0 Å². The number of halogens is 2. The van der Waals surface area contributed by atoms with E-state index in [1.54, 1.807) is 0 Å². The lowest BCUT2D eigenvalue weighted by Crippen LogP contribution is -2.19. The van der Waals surface area contributed by atoms with Gasteiger partial charge in [-0.3, -0.25) is 4.79 Å². The molecule has 1 atom stereocenters. The van der Waals surface area contributed by atoms with Crippen LogP contribution in [0.1, 0.15) is 51.9 Å². The maximum Gasteiger partial charge on any atom is 0.221 e. The van der Waals surface area contributed by atoms with E-state index in [0.29, 0.717) is 12.5 Å². The van der Waals surface area contributed by atoms with Crippen LogP contribution in [0, 0.1) is 0 Å². The van der Waals surface area contributed by atoms with Crippen molar-refractivity contribution < 1.29 is 4.79 Å². The van der Waals surface area contributed by atoms with Crippen LogP contribution in [-0.2, 0) is 4.79 Å². The second-order valence-electron chi connectivity index (χ2n) is 3.50. The summed E-state index contributed by atoms with van der Waals surface area (Å²) in [6.07, 6.45) is 6.91. The lowest BCUT2D eigenvalue weighted by atomic mass is 10.0. The second kappa shape index (κ2) is 11.3. The SMILES string of the molecule is CCCCC(N)CCCCC(=O)Cl.Cl. The number of rotatable bonds is 8. The van der Waals surface area contributed by atoms with Crippen molar-refractivity contribution in [1.29, 1.82) is 0 Å². The van der Waals surface area contributed by atoms with Crippen LogP contribution in [0.4, 0.5) is 0 Å². The molecule has 0 rings (SSSR count). The molecule has 0 heterocycles. The monoisotopic (exact) mass is 241 g/mol. The predicted octanol–water partition coefficient (Wildman–Crippen LogP) is 3.25. The van der Waals surface area contributed by atoms with Gasteiger partial charge >= 0.3 is 0 Å². The maximum absolute atomic E-state index is 10.4. The summed E-state index contributed by atoms with van der Waals surface area (Å²) in [6.45, 7) is 2.17. The Morgan fingerprint density at radius 2 is 1.86 bits per heavy atom. The van der Waals surface area contributed by atoms with E-state index >= 15 is 0 Å². The number of carbonyl (C=O) groups excluding carboxylic acids is 1. The standard InChI is InChI=1S/C10H20ClNO.ClH/c1-2-3-6-9(12)7-4-5-8-10(11)13;/h9H,2-8,12H2,1H3;1H. The molecular formula is C10H21Cl2NO. The Morgan fingerprint density at radius 3 is 2.36 bits per heavy atom. The summed E-state index contributed by atoms with van der Waals surface area (Å²) < 4.78 is 0. The van der Waals surface area contributed by atoms with Crippen LogP contribution in [0.25, 0.3) is 0 Å². The quantitative estimate of drug-likeness (QED) is 0.524. The molecule has 2 nitrogen and oxygen atoms in total. The van der Waals surface area contributed by atoms with Gasteiger partial charge in [-0.05, 0) is 30.9 Å². The van der Waals surface area contributed by atoms with E-state index in [1.807, 2.05) is 0 Å². The summed E-state index contributed by atoms with van der Waals surface area (Å²) in [6, 6.07) is 0.311. The van der Waals surface area contributed by atoms with E-state index in [4.69, 9.17) is 17.3 Å². The van der Waals surface area contributed by atoms with Crippen molar-refractivity contribution in [3.05, 3.63) is 0 Å². The maximum atomic E-state index is 10.4. The Balaban J connectivity index is 0. The predicted molar refractivity (Wildman–Crippen MR) is 64.1 cm³/mol. The first-order valence-corrected chi connectivity index (χ1v) is 5.48. The van der Waals surface area contributed by atoms with Crippen molar-refractivity contribution in [3.8, 4) is 0 Å². The molecule has 0 saturated carbocycles. The average Bonchev–Trinajstić information content (AvgIpc) is 2.08. The number of carbonyl (C=O) groups is 1. The van der Waals surface area contributed by atoms with Gasteiger partial charge in [0.2, 0.25) is 5.24 Å². The van der Waals surface area contributed by atoms with Gasteiger partial charge in [-0.2, -0.15) is 0 Å². The molecule has 0 aromatic carbocycles. The molecule has 0 aromatic rings. The van der Waals surface area contributed by atoms with E-state index in [9.17, 15) is 4.79 Å². The summed E-state index contributed by atoms with van der Waals surface area (Å²) in [5.74, 6) is 0. The van der Waals surface area contributed by atoms with Crippen LogP contribution in [0.5, 0.6) is 0 Å². The summed E-state index contributed by atoms with van der Waals surface area (Å²) in [5, 5.41) is -0.234. The molecule has 0 aliphatic heterocycles. The molecule has 4 heteroatoms. The zero-order chi connectivity index (χ0) is 10.1. The highest BCUT2D eigenvalue weighted by Gasteiger charge is 2.02. The fraction of sp³-hybridized carbons (Fsp3) is 0.900. The number of unbranched alkanes of at least 4 members (excludes halogenated alkanes) is 2. The van der Waals surface area contributed by atoms with Gasteiger partial charge in [0.05, 0.1) is 0 Å². The van der Waals surface area contributed by atoms with E-state index in [0.717, 1.165) is 25.7 Å². The Hall–Kier alpha value is 0.210. The van der Waals surface area contributed by atoms with Gasteiger partial charge in [-0.25, -0.2) is 0 Å². The van der Waals surface area contributed by atoms with E-state index < -0.39 is 0 Å². The fourth-order valence-corrected chi connectivity index (χ4v) is 1.41. The number of nitrogens with two attached hydrogens (primary N) is 1. The van der Waals surface area contributed by atoms with Crippen LogP contribution >= 0.6 is 24.0 Å². The molecule has 0 spiro atoms. The minimum Gasteiger partial charge on any atom is -0.328 e. The first-order valence-electron chi connectivity index (χ1n) is 5.10. The molecule has 1 unspecified atom stereocenters. The third-order valence-electron chi connectivity index (χ3n) is 2.13. The number of hydrogen-bond donors (Lipinski definition) is 1. The molecule has 0 saturated heterocycles. The molecule has 0 amide bonds.